The Morgan fingerprint density at radius 1 is 1.14 bits per heavy atom. The second-order valence-corrected chi connectivity index (χ2v) is 6.65. The molecule has 0 spiro atoms. The van der Waals surface area contributed by atoms with Crippen LogP contribution in [0.2, 0.25) is 0 Å². The number of carbonyl (C=O) groups excluding carboxylic acids is 3. The summed E-state index contributed by atoms with van der Waals surface area (Å²) in [6, 6.07) is 6.94. The lowest BCUT2D eigenvalue weighted by molar-refractivity contribution is -0.149. The van der Waals surface area contributed by atoms with Crippen LogP contribution in [0.3, 0.4) is 0 Å². The predicted octanol–water partition coefficient (Wildman–Crippen LogP) is 2.46. The summed E-state index contributed by atoms with van der Waals surface area (Å²) in [6.07, 6.45) is 2.49. The number of hydrogen-bond acceptors (Lipinski definition) is 5. The largest absolute Gasteiger partial charge is 0.466 e. The van der Waals surface area contributed by atoms with Crippen molar-refractivity contribution in [3.05, 3.63) is 29.8 Å². The van der Waals surface area contributed by atoms with Gasteiger partial charge in [-0.3, -0.25) is 14.4 Å². The molecule has 0 radical (unpaired) electrons. The highest BCUT2D eigenvalue weighted by Gasteiger charge is 2.28. The minimum absolute atomic E-state index is 0. The van der Waals surface area contributed by atoms with Gasteiger partial charge in [0.05, 0.1) is 12.5 Å². The lowest BCUT2D eigenvalue weighted by Gasteiger charge is -2.31. The van der Waals surface area contributed by atoms with Crippen molar-refractivity contribution in [3.63, 3.8) is 0 Å². The number of likely N-dealkylation sites (tertiary alicyclic amines) is 1. The molecule has 156 valence electrons. The molecule has 2 N–H and O–H groups in total. The summed E-state index contributed by atoms with van der Waals surface area (Å²) in [5, 5.41) is 5.84. The van der Waals surface area contributed by atoms with Gasteiger partial charge in [-0.25, -0.2) is 0 Å². The van der Waals surface area contributed by atoms with E-state index in [-0.39, 0.29) is 36.1 Å². The van der Waals surface area contributed by atoms with E-state index in [9.17, 15) is 14.4 Å². The van der Waals surface area contributed by atoms with Gasteiger partial charge in [0.25, 0.3) is 5.91 Å². The Bertz CT molecular complexity index is 643. The van der Waals surface area contributed by atoms with Crippen molar-refractivity contribution < 1.29 is 19.1 Å². The summed E-state index contributed by atoms with van der Waals surface area (Å²) in [5.41, 5.74) is 1.26. The normalized spacial score (nSPS) is 14.1. The standard InChI is InChI=1S/C20H29N3O4.ClH/c1-3-27-20(26)16-10-13-23(14-11-16)19(25)15-6-8-17(9-7-15)22-18(24)5-4-12-21-2;/h6-9,16,21H,3-5,10-14H2,1-2H3,(H,22,24);1H. The molecule has 0 bridgehead atoms. The third-order valence-electron chi connectivity index (χ3n) is 4.65. The number of ether oxygens (including phenoxy) is 1. The Labute approximate surface area is 172 Å². The fraction of sp³-hybridized carbons (Fsp3) is 0.550. The average molecular weight is 412 g/mol. The lowest BCUT2D eigenvalue weighted by atomic mass is 9.96. The van der Waals surface area contributed by atoms with E-state index in [1.165, 1.54) is 0 Å². The van der Waals surface area contributed by atoms with Crippen LogP contribution in [0.5, 0.6) is 0 Å². The Hall–Kier alpha value is -2.12. The Balaban J connectivity index is 0.00000392. The molecule has 1 aliphatic rings. The average Bonchev–Trinajstić information content (AvgIpc) is 2.68. The van der Waals surface area contributed by atoms with Crippen LogP contribution in [0.15, 0.2) is 24.3 Å². The zero-order valence-corrected chi connectivity index (χ0v) is 17.3. The third kappa shape index (κ3) is 7.13. The minimum atomic E-state index is -0.167. The van der Waals surface area contributed by atoms with E-state index in [1.54, 1.807) is 36.1 Å². The number of hydrogen-bond donors (Lipinski definition) is 2. The summed E-state index contributed by atoms with van der Waals surface area (Å²) >= 11 is 0. The predicted molar refractivity (Wildman–Crippen MR) is 111 cm³/mol. The Morgan fingerprint density at radius 3 is 2.36 bits per heavy atom. The molecule has 0 atom stereocenters. The molecule has 1 aromatic rings. The quantitative estimate of drug-likeness (QED) is 0.506. The molecule has 1 heterocycles. The van der Waals surface area contributed by atoms with Gasteiger partial charge in [-0.1, -0.05) is 0 Å². The van der Waals surface area contributed by atoms with Gasteiger partial charge in [0.15, 0.2) is 0 Å². The molecule has 2 amide bonds. The fourth-order valence-electron chi connectivity index (χ4n) is 3.11. The van der Waals surface area contributed by atoms with Crippen LogP contribution in [-0.4, -0.2) is 56.0 Å². The summed E-state index contributed by atoms with van der Waals surface area (Å²) in [6.45, 7) is 4.08. The lowest BCUT2D eigenvalue weighted by Crippen LogP contribution is -2.40. The van der Waals surface area contributed by atoms with Crippen LogP contribution in [0.4, 0.5) is 5.69 Å². The molecule has 1 saturated heterocycles. The maximum Gasteiger partial charge on any atom is 0.309 e. The van der Waals surface area contributed by atoms with Gasteiger partial charge in [0, 0.05) is 30.8 Å². The maximum absolute atomic E-state index is 12.6. The maximum atomic E-state index is 12.6. The number of nitrogens with zero attached hydrogens (tertiary/aromatic N) is 1. The topological polar surface area (TPSA) is 87.7 Å². The SMILES string of the molecule is CCOC(=O)C1CCN(C(=O)c2ccc(NC(=O)CCCNC)cc2)CC1.Cl. The van der Waals surface area contributed by atoms with Gasteiger partial charge in [0.2, 0.25) is 5.91 Å². The first-order chi connectivity index (χ1) is 13.0. The molecule has 1 aromatic carbocycles. The molecular weight excluding hydrogens is 382 g/mol. The fourth-order valence-corrected chi connectivity index (χ4v) is 3.11. The van der Waals surface area contributed by atoms with Crippen molar-refractivity contribution >= 4 is 35.9 Å². The highest BCUT2D eigenvalue weighted by Crippen LogP contribution is 2.21. The van der Waals surface area contributed by atoms with E-state index in [0.29, 0.717) is 50.2 Å². The molecule has 1 aliphatic heterocycles. The molecule has 0 aliphatic carbocycles. The molecule has 7 nitrogen and oxygen atoms in total. The van der Waals surface area contributed by atoms with E-state index >= 15 is 0 Å². The van der Waals surface area contributed by atoms with E-state index in [1.807, 2.05) is 7.05 Å². The molecule has 0 unspecified atom stereocenters. The van der Waals surface area contributed by atoms with Crippen molar-refractivity contribution in [2.24, 2.45) is 5.92 Å². The van der Waals surface area contributed by atoms with Crippen molar-refractivity contribution in [2.75, 3.05) is 38.6 Å². The molecule has 0 aromatic heterocycles. The van der Waals surface area contributed by atoms with Crippen LogP contribution in [0, 0.1) is 5.92 Å². The molecule has 1 fully saturated rings. The number of piperidine rings is 1. The Kier molecular flexibility index (Phi) is 10.6. The zero-order valence-electron chi connectivity index (χ0n) is 16.5. The van der Waals surface area contributed by atoms with Gasteiger partial charge in [-0.15, -0.1) is 12.4 Å². The number of carbonyl (C=O) groups is 3. The summed E-state index contributed by atoms with van der Waals surface area (Å²) < 4.78 is 5.06. The second-order valence-electron chi connectivity index (χ2n) is 6.65. The smallest absolute Gasteiger partial charge is 0.309 e. The molecule has 0 saturated carbocycles. The van der Waals surface area contributed by atoms with Crippen LogP contribution < -0.4 is 10.6 Å². The monoisotopic (exact) mass is 411 g/mol. The number of anilines is 1. The van der Waals surface area contributed by atoms with Crippen molar-refractivity contribution in [1.82, 2.24) is 10.2 Å². The highest BCUT2D eigenvalue weighted by molar-refractivity contribution is 5.96. The van der Waals surface area contributed by atoms with E-state index in [0.717, 1.165) is 13.0 Å². The van der Waals surface area contributed by atoms with Crippen molar-refractivity contribution in [1.29, 1.82) is 0 Å². The summed E-state index contributed by atoms with van der Waals surface area (Å²) in [4.78, 5) is 38.0. The van der Waals surface area contributed by atoms with E-state index in [2.05, 4.69) is 10.6 Å². The van der Waals surface area contributed by atoms with Crippen LogP contribution in [-0.2, 0) is 14.3 Å². The van der Waals surface area contributed by atoms with Gasteiger partial charge in [-0.2, -0.15) is 0 Å². The number of rotatable bonds is 8. The van der Waals surface area contributed by atoms with Crippen molar-refractivity contribution in [3.8, 4) is 0 Å². The van der Waals surface area contributed by atoms with Crippen LogP contribution in [0.1, 0.15) is 43.0 Å². The van der Waals surface area contributed by atoms with Gasteiger partial charge in [0.1, 0.15) is 0 Å². The Morgan fingerprint density at radius 2 is 1.79 bits per heavy atom. The number of benzene rings is 1. The van der Waals surface area contributed by atoms with Crippen LogP contribution in [0.25, 0.3) is 0 Å². The first kappa shape index (κ1) is 23.9. The molecular formula is C20H30ClN3O4. The number of amides is 2. The van der Waals surface area contributed by atoms with Gasteiger partial charge in [-0.05, 0) is 64.0 Å². The van der Waals surface area contributed by atoms with Gasteiger partial charge < -0.3 is 20.3 Å². The number of nitrogens with one attached hydrogen (secondary N) is 2. The molecule has 28 heavy (non-hydrogen) atoms. The number of halogens is 1. The van der Waals surface area contributed by atoms with Crippen molar-refractivity contribution in [2.45, 2.75) is 32.6 Å². The number of esters is 1. The van der Waals surface area contributed by atoms with E-state index < -0.39 is 0 Å². The van der Waals surface area contributed by atoms with E-state index in [4.69, 9.17) is 4.74 Å². The third-order valence-corrected chi connectivity index (χ3v) is 4.65. The minimum Gasteiger partial charge on any atom is -0.466 e. The zero-order chi connectivity index (χ0) is 19.6. The molecule has 8 heteroatoms. The van der Waals surface area contributed by atoms with Crippen LogP contribution >= 0.6 is 12.4 Å². The summed E-state index contributed by atoms with van der Waals surface area (Å²) in [7, 11) is 1.85. The first-order valence-corrected chi connectivity index (χ1v) is 9.55. The second kappa shape index (κ2) is 12.4. The van der Waals surface area contributed by atoms with Gasteiger partial charge >= 0.3 is 5.97 Å². The summed E-state index contributed by atoms with van der Waals surface area (Å²) in [5.74, 6) is -0.372. The molecule has 2 rings (SSSR count). The first-order valence-electron chi connectivity index (χ1n) is 9.55. The highest BCUT2D eigenvalue weighted by atomic mass is 35.5.